The summed E-state index contributed by atoms with van der Waals surface area (Å²) in [5.41, 5.74) is 7.63. The van der Waals surface area contributed by atoms with Gasteiger partial charge in [0.25, 0.3) is 0 Å². The van der Waals surface area contributed by atoms with Gasteiger partial charge in [-0.05, 0) is 53.7 Å². The lowest BCUT2D eigenvalue weighted by atomic mass is 10.1. The second-order valence-electron chi connectivity index (χ2n) is 7.56. The number of aromatic nitrogens is 5. The molecule has 4 rings (SSSR count). The number of fused-ring (bicyclic) bond motifs is 1. The Hall–Kier alpha value is -2.17. The molecule has 10 heteroatoms. The van der Waals surface area contributed by atoms with Gasteiger partial charge in [0, 0.05) is 26.3 Å². The summed E-state index contributed by atoms with van der Waals surface area (Å²) < 4.78 is 2.97. The van der Waals surface area contributed by atoms with Crippen LogP contribution in [0.1, 0.15) is 25.3 Å². The SMILES string of the molecule is CNc1ncnc2c1ccn2[C@@H]1C[C@H](CN(CCCN)c2cn[nH]c2Br)C[C@H]1O. The maximum Gasteiger partial charge on any atom is 0.145 e. The van der Waals surface area contributed by atoms with Crippen molar-refractivity contribution < 1.29 is 5.11 Å². The fraction of sp³-hybridized carbons (Fsp3) is 0.526. The molecular weight excluding hydrogens is 436 g/mol. The molecule has 0 unspecified atom stereocenters. The van der Waals surface area contributed by atoms with Gasteiger partial charge in [0.05, 0.1) is 29.4 Å². The first-order valence-electron chi connectivity index (χ1n) is 9.93. The zero-order valence-corrected chi connectivity index (χ0v) is 18.0. The Morgan fingerprint density at radius 3 is 3.00 bits per heavy atom. The molecule has 3 atom stereocenters. The number of hydrogen-bond acceptors (Lipinski definition) is 7. The molecule has 0 amide bonds. The standard InChI is InChI=1S/C19H27BrN8O/c1-22-18-13-3-6-28(19(13)24-11-23-18)14-7-12(8-16(14)29)10-27(5-2-4-21)15-9-25-26-17(15)20/h3,6,9,11-12,14,16,29H,2,4-5,7-8,10,21H2,1H3,(H,25,26)(H,22,23,24)/t12-,14+,16+/m0/s1. The fourth-order valence-electron chi connectivity index (χ4n) is 4.37. The minimum atomic E-state index is -0.409. The summed E-state index contributed by atoms with van der Waals surface area (Å²) in [5.74, 6) is 1.16. The van der Waals surface area contributed by atoms with Crippen LogP contribution in [0.3, 0.4) is 0 Å². The van der Waals surface area contributed by atoms with Gasteiger partial charge in [-0.25, -0.2) is 9.97 Å². The topological polar surface area (TPSA) is 121 Å². The van der Waals surface area contributed by atoms with E-state index >= 15 is 0 Å². The Morgan fingerprint density at radius 2 is 2.28 bits per heavy atom. The van der Waals surface area contributed by atoms with E-state index in [0.29, 0.717) is 12.5 Å². The van der Waals surface area contributed by atoms with Crippen molar-refractivity contribution in [2.45, 2.75) is 31.4 Å². The molecule has 0 aromatic carbocycles. The third kappa shape index (κ3) is 3.96. The molecule has 1 saturated carbocycles. The molecule has 1 aliphatic rings. The van der Waals surface area contributed by atoms with Gasteiger partial charge in [-0.1, -0.05) is 0 Å². The molecule has 1 fully saturated rings. The second kappa shape index (κ2) is 8.68. The summed E-state index contributed by atoms with van der Waals surface area (Å²) in [7, 11) is 1.85. The Kier molecular flexibility index (Phi) is 6.02. The molecule has 5 N–H and O–H groups in total. The molecule has 0 saturated heterocycles. The number of H-pyrrole nitrogens is 1. The van der Waals surface area contributed by atoms with E-state index in [1.165, 1.54) is 0 Å². The van der Waals surface area contributed by atoms with Gasteiger partial charge in [0.2, 0.25) is 0 Å². The molecule has 9 nitrogen and oxygen atoms in total. The van der Waals surface area contributed by atoms with Crippen LogP contribution in [0, 0.1) is 5.92 Å². The maximum atomic E-state index is 10.8. The van der Waals surface area contributed by atoms with E-state index in [1.54, 1.807) is 6.33 Å². The van der Waals surface area contributed by atoms with Crippen LogP contribution in [0.2, 0.25) is 0 Å². The van der Waals surface area contributed by atoms with Crippen molar-refractivity contribution in [1.29, 1.82) is 0 Å². The quantitative estimate of drug-likeness (QED) is 0.404. The molecular formula is C19H27BrN8O. The van der Waals surface area contributed by atoms with Crippen LogP contribution in [0.5, 0.6) is 0 Å². The van der Waals surface area contributed by atoms with Crippen LogP contribution < -0.4 is 16.0 Å². The van der Waals surface area contributed by atoms with E-state index in [1.807, 2.05) is 25.5 Å². The van der Waals surface area contributed by atoms with Gasteiger partial charge in [0.15, 0.2) is 0 Å². The monoisotopic (exact) mass is 462 g/mol. The summed E-state index contributed by atoms with van der Waals surface area (Å²) in [5, 5.41) is 22.0. The highest BCUT2D eigenvalue weighted by Crippen LogP contribution is 2.38. The first-order valence-corrected chi connectivity index (χ1v) is 10.7. The second-order valence-corrected chi connectivity index (χ2v) is 8.36. The minimum Gasteiger partial charge on any atom is -0.391 e. The zero-order valence-electron chi connectivity index (χ0n) is 16.4. The third-order valence-electron chi connectivity index (χ3n) is 5.72. The smallest absolute Gasteiger partial charge is 0.145 e. The number of nitrogens with zero attached hydrogens (tertiary/aromatic N) is 5. The summed E-state index contributed by atoms with van der Waals surface area (Å²) in [6.07, 6.45) is 7.54. The predicted molar refractivity (Wildman–Crippen MR) is 117 cm³/mol. The summed E-state index contributed by atoms with van der Waals surface area (Å²) >= 11 is 3.54. The molecule has 3 heterocycles. The summed E-state index contributed by atoms with van der Waals surface area (Å²) in [6, 6.07) is 2.01. The number of aliphatic hydroxyl groups is 1. The Morgan fingerprint density at radius 1 is 1.41 bits per heavy atom. The number of aromatic amines is 1. The number of anilines is 2. The van der Waals surface area contributed by atoms with Crippen LogP contribution in [0.15, 0.2) is 29.4 Å². The van der Waals surface area contributed by atoms with Crippen LogP contribution >= 0.6 is 15.9 Å². The van der Waals surface area contributed by atoms with E-state index in [4.69, 9.17) is 5.73 Å². The van der Waals surface area contributed by atoms with Crippen molar-refractivity contribution in [2.24, 2.45) is 11.7 Å². The molecule has 3 aromatic rings. The fourth-order valence-corrected chi connectivity index (χ4v) is 4.82. The normalized spacial score (nSPS) is 21.7. The Bertz CT molecular complexity index is 957. The Balaban J connectivity index is 1.53. The molecule has 3 aromatic heterocycles. The minimum absolute atomic E-state index is 0.00116. The molecule has 0 radical (unpaired) electrons. The van der Waals surface area contributed by atoms with Crippen molar-refractivity contribution in [3.8, 4) is 0 Å². The van der Waals surface area contributed by atoms with E-state index < -0.39 is 6.10 Å². The first kappa shape index (κ1) is 20.1. The predicted octanol–water partition coefficient (Wildman–Crippen LogP) is 2.13. The first-order chi connectivity index (χ1) is 14.1. The lowest BCUT2D eigenvalue weighted by molar-refractivity contribution is 0.136. The summed E-state index contributed by atoms with van der Waals surface area (Å²) in [6.45, 7) is 2.35. The van der Waals surface area contributed by atoms with E-state index in [-0.39, 0.29) is 6.04 Å². The molecule has 29 heavy (non-hydrogen) atoms. The number of rotatable bonds is 8. The van der Waals surface area contributed by atoms with Crippen molar-refractivity contribution in [2.75, 3.05) is 36.9 Å². The van der Waals surface area contributed by atoms with Crippen LogP contribution in [0.25, 0.3) is 11.0 Å². The lowest BCUT2D eigenvalue weighted by Gasteiger charge is -2.27. The Labute approximate surface area is 177 Å². The van der Waals surface area contributed by atoms with Crippen molar-refractivity contribution >= 4 is 38.5 Å². The maximum absolute atomic E-state index is 10.8. The van der Waals surface area contributed by atoms with Gasteiger partial charge in [0.1, 0.15) is 22.4 Å². The van der Waals surface area contributed by atoms with Gasteiger partial charge in [-0.2, -0.15) is 5.10 Å². The van der Waals surface area contributed by atoms with Crippen molar-refractivity contribution in [3.05, 3.63) is 29.4 Å². The molecule has 0 bridgehead atoms. The number of halogens is 1. The number of hydrogen-bond donors (Lipinski definition) is 4. The van der Waals surface area contributed by atoms with E-state index in [9.17, 15) is 5.11 Å². The van der Waals surface area contributed by atoms with Crippen molar-refractivity contribution in [3.63, 3.8) is 0 Å². The highest BCUT2D eigenvalue weighted by molar-refractivity contribution is 9.10. The van der Waals surface area contributed by atoms with E-state index in [0.717, 1.165) is 59.5 Å². The average molecular weight is 463 g/mol. The van der Waals surface area contributed by atoms with Gasteiger partial charge in [-0.3, -0.25) is 5.10 Å². The zero-order chi connectivity index (χ0) is 20.4. The van der Waals surface area contributed by atoms with Gasteiger partial charge in [-0.15, -0.1) is 0 Å². The highest BCUT2D eigenvalue weighted by atomic mass is 79.9. The molecule has 1 aliphatic carbocycles. The van der Waals surface area contributed by atoms with Gasteiger partial charge < -0.3 is 25.6 Å². The van der Waals surface area contributed by atoms with Crippen LogP contribution in [0.4, 0.5) is 11.5 Å². The third-order valence-corrected chi connectivity index (χ3v) is 6.31. The van der Waals surface area contributed by atoms with Crippen LogP contribution in [-0.2, 0) is 0 Å². The number of aliphatic hydroxyl groups excluding tert-OH is 1. The molecule has 156 valence electrons. The highest BCUT2D eigenvalue weighted by Gasteiger charge is 2.36. The lowest BCUT2D eigenvalue weighted by Crippen LogP contribution is -2.31. The largest absolute Gasteiger partial charge is 0.391 e. The van der Waals surface area contributed by atoms with Crippen LogP contribution in [-0.4, -0.2) is 62.6 Å². The summed E-state index contributed by atoms with van der Waals surface area (Å²) in [4.78, 5) is 11.0. The average Bonchev–Trinajstić information content (AvgIpc) is 3.43. The molecule has 0 spiro atoms. The van der Waals surface area contributed by atoms with E-state index in [2.05, 4.69) is 50.9 Å². The van der Waals surface area contributed by atoms with Gasteiger partial charge >= 0.3 is 0 Å². The number of nitrogens with two attached hydrogens (primary N) is 1. The number of nitrogens with one attached hydrogen (secondary N) is 2. The van der Waals surface area contributed by atoms with Crippen molar-refractivity contribution in [1.82, 2.24) is 24.7 Å². The molecule has 0 aliphatic heterocycles.